The molecule has 0 aliphatic carbocycles. The number of carbonyl (C=O) groups excluding carboxylic acids is 1. The lowest BCUT2D eigenvalue weighted by atomic mass is 10.1. The minimum absolute atomic E-state index is 0.102. The van der Waals surface area contributed by atoms with Crippen molar-refractivity contribution in [3.63, 3.8) is 0 Å². The summed E-state index contributed by atoms with van der Waals surface area (Å²) in [7, 11) is 0. The average Bonchev–Trinajstić information content (AvgIpc) is 2.91. The van der Waals surface area contributed by atoms with E-state index in [1.54, 1.807) is 30.3 Å². The zero-order valence-corrected chi connectivity index (χ0v) is 12.9. The highest BCUT2D eigenvalue weighted by Gasteiger charge is 2.31. The Hall–Kier alpha value is -2.47. The first-order valence-corrected chi connectivity index (χ1v) is 7.34. The van der Waals surface area contributed by atoms with Crippen molar-refractivity contribution in [2.75, 3.05) is 0 Å². The number of aromatic nitrogens is 1. The zero-order valence-electron chi connectivity index (χ0n) is 12.2. The van der Waals surface area contributed by atoms with Crippen LogP contribution in [-0.4, -0.2) is 16.8 Å². The standard InChI is InChI=1S/C17H11ClF3NO2/c18-13-4-1-11(2-5-13)9-16(23)22-8-7-12-3-6-14(10-15(12)22)24-17(19,20)21/h1-8,10H,9H2. The number of halogens is 4. The van der Waals surface area contributed by atoms with E-state index in [9.17, 15) is 18.0 Å². The Balaban J connectivity index is 1.89. The summed E-state index contributed by atoms with van der Waals surface area (Å²) in [5.74, 6) is -0.634. The molecule has 0 bridgehead atoms. The molecular weight excluding hydrogens is 343 g/mol. The molecule has 1 heterocycles. The van der Waals surface area contributed by atoms with Crippen molar-refractivity contribution in [3.05, 3.63) is 65.3 Å². The highest BCUT2D eigenvalue weighted by Crippen LogP contribution is 2.27. The molecule has 3 rings (SSSR count). The summed E-state index contributed by atoms with van der Waals surface area (Å²) < 4.78 is 42.2. The second-order valence-corrected chi connectivity index (χ2v) is 5.59. The zero-order chi connectivity index (χ0) is 17.3. The third-order valence-corrected chi connectivity index (χ3v) is 3.69. The van der Waals surface area contributed by atoms with Gasteiger partial charge in [-0.3, -0.25) is 9.36 Å². The molecule has 7 heteroatoms. The maximum absolute atomic E-state index is 12.4. The van der Waals surface area contributed by atoms with Crippen LogP contribution in [0.1, 0.15) is 10.4 Å². The van der Waals surface area contributed by atoms with Crippen LogP contribution in [0.4, 0.5) is 13.2 Å². The predicted molar refractivity (Wildman–Crippen MR) is 84.4 cm³/mol. The summed E-state index contributed by atoms with van der Waals surface area (Å²) in [6.45, 7) is 0. The molecule has 0 radical (unpaired) electrons. The second kappa shape index (κ2) is 6.20. The van der Waals surface area contributed by atoms with Crippen LogP contribution in [0.2, 0.25) is 5.02 Å². The van der Waals surface area contributed by atoms with E-state index in [-0.39, 0.29) is 18.1 Å². The number of ether oxygens (including phenoxy) is 1. The lowest BCUT2D eigenvalue weighted by molar-refractivity contribution is -0.274. The van der Waals surface area contributed by atoms with E-state index in [1.807, 2.05) is 0 Å². The third kappa shape index (κ3) is 3.71. The molecule has 0 aliphatic rings. The molecule has 2 aromatic carbocycles. The molecule has 1 aromatic heterocycles. The molecule has 124 valence electrons. The fourth-order valence-corrected chi connectivity index (χ4v) is 2.51. The lowest BCUT2D eigenvalue weighted by Crippen LogP contribution is -2.17. The monoisotopic (exact) mass is 353 g/mol. The Morgan fingerprint density at radius 2 is 1.79 bits per heavy atom. The van der Waals surface area contributed by atoms with Gasteiger partial charge in [-0.05, 0) is 35.9 Å². The topological polar surface area (TPSA) is 31.2 Å². The average molecular weight is 354 g/mol. The van der Waals surface area contributed by atoms with Gasteiger partial charge in [0.25, 0.3) is 0 Å². The number of alkyl halides is 3. The van der Waals surface area contributed by atoms with Crippen molar-refractivity contribution < 1.29 is 22.7 Å². The molecule has 0 saturated heterocycles. The second-order valence-electron chi connectivity index (χ2n) is 5.15. The summed E-state index contributed by atoms with van der Waals surface area (Å²) in [6.07, 6.45) is -3.15. The van der Waals surface area contributed by atoms with E-state index in [0.29, 0.717) is 15.9 Å². The Kier molecular flexibility index (Phi) is 4.24. The van der Waals surface area contributed by atoms with Crippen LogP contribution in [0.15, 0.2) is 54.7 Å². The van der Waals surface area contributed by atoms with E-state index in [0.717, 1.165) is 5.56 Å². The molecule has 0 spiro atoms. The van der Waals surface area contributed by atoms with Gasteiger partial charge in [0, 0.05) is 22.7 Å². The fourth-order valence-electron chi connectivity index (χ4n) is 2.38. The Morgan fingerprint density at radius 1 is 1.08 bits per heavy atom. The molecule has 3 nitrogen and oxygen atoms in total. The smallest absolute Gasteiger partial charge is 0.406 e. The molecule has 3 aromatic rings. The molecule has 0 atom stereocenters. The predicted octanol–water partition coefficient (Wildman–Crippen LogP) is 5.08. The number of nitrogens with zero attached hydrogens (tertiary/aromatic N) is 1. The molecule has 24 heavy (non-hydrogen) atoms. The normalized spacial score (nSPS) is 11.7. The van der Waals surface area contributed by atoms with Gasteiger partial charge in [0.15, 0.2) is 0 Å². The van der Waals surface area contributed by atoms with Gasteiger partial charge < -0.3 is 4.74 Å². The number of fused-ring (bicyclic) bond motifs is 1. The van der Waals surface area contributed by atoms with E-state index in [1.165, 1.54) is 29.0 Å². The van der Waals surface area contributed by atoms with E-state index in [2.05, 4.69) is 4.74 Å². The van der Waals surface area contributed by atoms with E-state index >= 15 is 0 Å². The van der Waals surface area contributed by atoms with Crippen LogP contribution < -0.4 is 4.74 Å². The Morgan fingerprint density at radius 3 is 2.46 bits per heavy atom. The number of hydrogen-bond donors (Lipinski definition) is 0. The lowest BCUT2D eigenvalue weighted by Gasteiger charge is -2.10. The first kappa shape index (κ1) is 16.4. The minimum Gasteiger partial charge on any atom is -0.406 e. The number of benzene rings is 2. The van der Waals surface area contributed by atoms with Crippen LogP contribution in [0.25, 0.3) is 10.9 Å². The first-order chi connectivity index (χ1) is 11.3. The maximum Gasteiger partial charge on any atom is 0.573 e. The molecule has 0 amide bonds. The molecule has 0 fully saturated rings. The summed E-state index contributed by atoms with van der Waals surface area (Å²) in [5, 5.41) is 1.21. The van der Waals surface area contributed by atoms with Gasteiger partial charge >= 0.3 is 6.36 Å². The van der Waals surface area contributed by atoms with Crippen LogP contribution in [0, 0.1) is 0 Å². The van der Waals surface area contributed by atoms with Crippen LogP contribution >= 0.6 is 11.6 Å². The molecule has 0 unspecified atom stereocenters. The number of carbonyl (C=O) groups is 1. The van der Waals surface area contributed by atoms with Gasteiger partial charge in [-0.25, -0.2) is 0 Å². The van der Waals surface area contributed by atoms with Gasteiger partial charge in [0.2, 0.25) is 5.91 Å². The SMILES string of the molecule is O=C(Cc1ccc(Cl)cc1)n1ccc2ccc(OC(F)(F)F)cc21. The fraction of sp³-hybridized carbons (Fsp3) is 0.118. The largest absolute Gasteiger partial charge is 0.573 e. The van der Waals surface area contributed by atoms with Gasteiger partial charge in [0.05, 0.1) is 11.9 Å². The van der Waals surface area contributed by atoms with Gasteiger partial charge in [-0.15, -0.1) is 13.2 Å². The van der Waals surface area contributed by atoms with E-state index < -0.39 is 6.36 Å². The van der Waals surface area contributed by atoms with E-state index in [4.69, 9.17) is 11.6 Å². The summed E-state index contributed by atoms with van der Waals surface area (Å²) in [6, 6.07) is 12.3. The highest BCUT2D eigenvalue weighted by molar-refractivity contribution is 6.30. The van der Waals surface area contributed by atoms with Crippen LogP contribution in [0.3, 0.4) is 0 Å². The van der Waals surface area contributed by atoms with Crippen LogP contribution in [-0.2, 0) is 6.42 Å². The van der Waals surface area contributed by atoms with Crippen molar-refractivity contribution >= 4 is 28.4 Å². The quantitative estimate of drug-likeness (QED) is 0.657. The highest BCUT2D eigenvalue weighted by atomic mass is 35.5. The minimum atomic E-state index is -4.78. The number of rotatable bonds is 3. The summed E-state index contributed by atoms with van der Waals surface area (Å²) in [4.78, 5) is 12.4. The maximum atomic E-state index is 12.4. The third-order valence-electron chi connectivity index (χ3n) is 3.44. The van der Waals surface area contributed by atoms with Crippen molar-refractivity contribution in [2.45, 2.75) is 12.8 Å². The van der Waals surface area contributed by atoms with Crippen molar-refractivity contribution in [1.82, 2.24) is 4.57 Å². The van der Waals surface area contributed by atoms with Crippen molar-refractivity contribution in [1.29, 1.82) is 0 Å². The van der Waals surface area contributed by atoms with Crippen molar-refractivity contribution in [2.24, 2.45) is 0 Å². The van der Waals surface area contributed by atoms with Gasteiger partial charge in [0.1, 0.15) is 5.75 Å². The number of hydrogen-bond acceptors (Lipinski definition) is 2. The van der Waals surface area contributed by atoms with Crippen LogP contribution in [0.5, 0.6) is 5.75 Å². The Labute approximate surface area is 140 Å². The summed E-state index contributed by atoms with van der Waals surface area (Å²) in [5.41, 5.74) is 1.12. The van der Waals surface area contributed by atoms with Gasteiger partial charge in [-0.2, -0.15) is 0 Å². The molecule has 0 N–H and O–H groups in total. The Bertz CT molecular complexity index is 885. The first-order valence-electron chi connectivity index (χ1n) is 6.96. The van der Waals surface area contributed by atoms with Gasteiger partial charge in [-0.1, -0.05) is 23.7 Å². The molecular formula is C17H11ClF3NO2. The van der Waals surface area contributed by atoms with Crippen molar-refractivity contribution in [3.8, 4) is 5.75 Å². The summed E-state index contributed by atoms with van der Waals surface area (Å²) >= 11 is 5.80. The molecule has 0 aliphatic heterocycles. The molecule has 0 saturated carbocycles.